The SMILES string of the molecule is CCc1c(N)ncnc1Sc1nnc(C2CC2)n1C1CC1. The second-order valence-corrected chi connectivity index (χ2v) is 6.67. The Morgan fingerprint density at radius 3 is 2.71 bits per heavy atom. The van der Waals surface area contributed by atoms with E-state index in [2.05, 4.69) is 31.7 Å². The molecule has 2 heterocycles. The van der Waals surface area contributed by atoms with Crippen LogP contribution in [0, 0.1) is 0 Å². The first-order valence-electron chi connectivity index (χ1n) is 7.50. The summed E-state index contributed by atoms with van der Waals surface area (Å²) < 4.78 is 2.33. The van der Waals surface area contributed by atoms with E-state index < -0.39 is 0 Å². The van der Waals surface area contributed by atoms with Gasteiger partial charge in [0, 0.05) is 17.5 Å². The van der Waals surface area contributed by atoms with E-state index >= 15 is 0 Å². The van der Waals surface area contributed by atoms with Gasteiger partial charge in [-0.15, -0.1) is 10.2 Å². The Morgan fingerprint density at radius 2 is 2.05 bits per heavy atom. The summed E-state index contributed by atoms with van der Waals surface area (Å²) >= 11 is 1.57. The predicted molar refractivity (Wildman–Crippen MR) is 80.2 cm³/mol. The van der Waals surface area contributed by atoms with Gasteiger partial charge in [0.25, 0.3) is 0 Å². The molecule has 7 heteroatoms. The molecule has 0 aliphatic heterocycles. The molecule has 21 heavy (non-hydrogen) atoms. The molecule has 6 nitrogen and oxygen atoms in total. The molecule has 2 fully saturated rings. The lowest BCUT2D eigenvalue weighted by atomic mass is 10.2. The Bertz CT molecular complexity index is 674. The van der Waals surface area contributed by atoms with Crippen LogP contribution in [-0.2, 0) is 6.42 Å². The van der Waals surface area contributed by atoms with Crippen molar-refractivity contribution >= 4 is 17.6 Å². The van der Waals surface area contributed by atoms with Crippen molar-refractivity contribution in [2.24, 2.45) is 0 Å². The molecule has 4 rings (SSSR count). The minimum absolute atomic E-state index is 0.565. The fourth-order valence-corrected chi connectivity index (χ4v) is 3.64. The average Bonchev–Trinajstić information content (AvgIpc) is 3.39. The highest BCUT2D eigenvalue weighted by molar-refractivity contribution is 7.99. The molecule has 2 saturated carbocycles. The molecule has 0 atom stereocenters. The maximum absolute atomic E-state index is 5.95. The molecule has 0 spiro atoms. The monoisotopic (exact) mass is 302 g/mol. The van der Waals surface area contributed by atoms with Crippen molar-refractivity contribution in [3.05, 3.63) is 17.7 Å². The molecule has 0 saturated heterocycles. The molecule has 0 radical (unpaired) electrons. The molecule has 0 bridgehead atoms. The summed E-state index contributed by atoms with van der Waals surface area (Å²) in [6.07, 6.45) is 7.31. The molecule has 0 unspecified atom stereocenters. The van der Waals surface area contributed by atoms with Crippen molar-refractivity contribution in [1.82, 2.24) is 24.7 Å². The van der Waals surface area contributed by atoms with Crippen LogP contribution in [0.3, 0.4) is 0 Å². The van der Waals surface area contributed by atoms with Gasteiger partial charge in [-0.05, 0) is 43.9 Å². The smallest absolute Gasteiger partial charge is 0.197 e. The Labute approximate surface area is 127 Å². The van der Waals surface area contributed by atoms with Crippen LogP contribution in [0.25, 0.3) is 0 Å². The zero-order valence-corrected chi connectivity index (χ0v) is 12.8. The van der Waals surface area contributed by atoms with Crippen molar-refractivity contribution < 1.29 is 0 Å². The van der Waals surface area contributed by atoms with Gasteiger partial charge < -0.3 is 10.3 Å². The number of hydrogen-bond donors (Lipinski definition) is 1. The summed E-state index contributed by atoms with van der Waals surface area (Å²) in [5.41, 5.74) is 6.95. The minimum atomic E-state index is 0.565. The number of nitrogens with two attached hydrogens (primary N) is 1. The van der Waals surface area contributed by atoms with Crippen LogP contribution in [0.1, 0.15) is 56.0 Å². The maximum atomic E-state index is 5.95. The summed E-state index contributed by atoms with van der Waals surface area (Å²) in [6.45, 7) is 2.07. The molecule has 0 aromatic carbocycles. The highest BCUT2D eigenvalue weighted by Crippen LogP contribution is 2.46. The van der Waals surface area contributed by atoms with Crippen molar-refractivity contribution in [2.75, 3.05) is 5.73 Å². The van der Waals surface area contributed by atoms with E-state index in [0.29, 0.717) is 17.8 Å². The van der Waals surface area contributed by atoms with Gasteiger partial charge in [-0.3, -0.25) is 0 Å². The van der Waals surface area contributed by atoms with Gasteiger partial charge in [-0.25, -0.2) is 9.97 Å². The number of nitrogen functional groups attached to an aromatic ring is 1. The molecule has 2 N–H and O–H groups in total. The summed E-state index contributed by atoms with van der Waals surface area (Å²) in [6, 6.07) is 0.586. The number of hydrogen-bond acceptors (Lipinski definition) is 6. The van der Waals surface area contributed by atoms with Gasteiger partial charge in [-0.1, -0.05) is 6.92 Å². The first-order chi connectivity index (χ1) is 10.3. The Kier molecular flexibility index (Phi) is 3.10. The first kappa shape index (κ1) is 13.1. The summed E-state index contributed by atoms with van der Waals surface area (Å²) in [7, 11) is 0. The van der Waals surface area contributed by atoms with E-state index in [1.54, 1.807) is 11.8 Å². The zero-order chi connectivity index (χ0) is 14.4. The summed E-state index contributed by atoms with van der Waals surface area (Å²) in [5, 5.41) is 10.7. The van der Waals surface area contributed by atoms with Crippen molar-refractivity contribution in [2.45, 2.75) is 61.2 Å². The van der Waals surface area contributed by atoms with E-state index in [9.17, 15) is 0 Å². The molecule has 2 aliphatic carbocycles. The van der Waals surface area contributed by atoms with Gasteiger partial charge in [-0.2, -0.15) is 0 Å². The molecule has 0 amide bonds. The molecule has 110 valence electrons. The van der Waals surface area contributed by atoms with Gasteiger partial charge in [0.05, 0.1) is 0 Å². The summed E-state index contributed by atoms with van der Waals surface area (Å²) in [4.78, 5) is 8.46. The third-order valence-electron chi connectivity index (χ3n) is 4.03. The number of anilines is 1. The minimum Gasteiger partial charge on any atom is -0.383 e. The quantitative estimate of drug-likeness (QED) is 0.855. The standard InChI is InChI=1S/C14H18N6S/c1-2-10-11(15)16-7-17-13(10)21-14-19-18-12(8-3-4-8)20(14)9-5-6-9/h7-9H,2-6H2,1H3,(H2,15,16,17). The predicted octanol–water partition coefficient (Wildman–Crippen LogP) is 2.58. The summed E-state index contributed by atoms with van der Waals surface area (Å²) in [5.74, 6) is 2.35. The van der Waals surface area contributed by atoms with Crippen LogP contribution >= 0.6 is 11.8 Å². The van der Waals surface area contributed by atoms with Gasteiger partial charge in [0.1, 0.15) is 23.0 Å². The van der Waals surface area contributed by atoms with Crippen LogP contribution in [0.15, 0.2) is 16.5 Å². The fraction of sp³-hybridized carbons (Fsp3) is 0.571. The van der Waals surface area contributed by atoms with E-state index in [0.717, 1.165) is 22.2 Å². The first-order valence-corrected chi connectivity index (χ1v) is 8.31. The lowest BCUT2D eigenvalue weighted by Gasteiger charge is -2.10. The van der Waals surface area contributed by atoms with Gasteiger partial charge in [0.15, 0.2) is 5.16 Å². The van der Waals surface area contributed by atoms with E-state index in [-0.39, 0.29) is 0 Å². The fourth-order valence-electron chi connectivity index (χ4n) is 2.57. The normalized spacial score (nSPS) is 18.1. The largest absolute Gasteiger partial charge is 0.383 e. The lowest BCUT2D eigenvalue weighted by molar-refractivity contribution is 0.626. The second kappa shape index (κ2) is 4.98. The Morgan fingerprint density at radius 1 is 1.24 bits per heavy atom. The lowest BCUT2D eigenvalue weighted by Crippen LogP contribution is -2.04. The number of aromatic nitrogens is 5. The zero-order valence-electron chi connectivity index (χ0n) is 12.0. The van der Waals surface area contributed by atoms with Crippen LogP contribution in [0.2, 0.25) is 0 Å². The number of nitrogens with zero attached hydrogens (tertiary/aromatic N) is 5. The third-order valence-corrected chi connectivity index (χ3v) is 5.03. The highest BCUT2D eigenvalue weighted by atomic mass is 32.2. The average molecular weight is 302 g/mol. The number of rotatable bonds is 5. The Balaban J connectivity index is 1.70. The third kappa shape index (κ3) is 2.39. The van der Waals surface area contributed by atoms with E-state index in [1.807, 2.05) is 0 Å². The topological polar surface area (TPSA) is 82.5 Å². The maximum Gasteiger partial charge on any atom is 0.197 e. The molecule has 2 aliphatic rings. The Hall–Kier alpha value is -1.63. The van der Waals surface area contributed by atoms with Crippen LogP contribution in [0.4, 0.5) is 5.82 Å². The van der Waals surface area contributed by atoms with Gasteiger partial charge >= 0.3 is 0 Å². The van der Waals surface area contributed by atoms with Crippen LogP contribution in [0.5, 0.6) is 0 Å². The highest BCUT2D eigenvalue weighted by Gasteiger charge is 2.36. The van der Waals surface area contributed by atoms with Crippen molar-refractivity contribution in [3.8, 4) is 0 Å². The van der Waals surface area contributed by atoms with Crippen LogP contribution < -0.4 is 5.73 Å². The molecular formula is C14H18N6S. The molecule has 2 aromatic rings. The second-order valence-electron chi connectivity index (χ2n) is 5.71. The van der Waals surface area contributed by atoms with E-state index in [4.69, 9.17) is 5.73 Å². The van der Waals surface area contributed by atoms with Crippen molar-refractivity contribution in [3.63, 3.8) is 0 Å². The molecular weight excluding hydrogens is 284 g/mol. The molecule has 2 aromatic heterocycles. The van der Waals surface area contributed by atoms with Crippen LogP contribution in [-0.4, -0.2) is 24.7 Å². The van der Waals surface area contributed by atoms with Crippen molar-refractivity contribution in [1.29, 1.82) is 0 Å². The van der Waals surface area contributed by atoms with E-state index in [1.165, 1.54) is 37.8 Å². The van der Waals surface area contributed by atoms with Gasteiger partial charge in [0.2, 0.25) is 0 Å².